The Labute approximate surface area is 175 Å². The van der Waals surface area contributed by atoms with Crippen LogP contribution in [-0.2, 0) is 11.8 Å². The van der Waals surface area contributed by atoms with E-state index in [0.717, 1.165) is 46.9 Å². The zero-order valence-electron chi connectivity index (χ0n) is 16.8. The molecule has 148 valence electrons. The summed E-state index contributed by atoms with van der Waals surface area (Å²) in [4.78, 5) is 0. The van der Waals surface area contributed by atoms with Gasteiger partial charge in [0.1, 0.15) is 5.75 Å². The topological polar surface area (TPSA) is 9.23 Å². The predicted molar refractivity (Wildman–Crippen MR) is 119 cm³/mol. The van der Waals surface area contributed by atoms with Crippen molar-refractivity contribution in [2.45, 2.75) is 58.2 Å². The maximum atomic E-state index is 6.13. The van der Waals surface area contributed by atoms with Crippen LogP contribution in [0.5, 0.6) is 5.75 Å². The molecule has 0 heterocycles. The predicted octanol–water partition coefficient (Wildman–Crippen LogP) is 8.06. The molecule has 0 saturated heterocycles. The third kappa shape index (κ3) is 7.39. The molecule has 0 fully saturated rings. The minimum atomic E-state index is 0.483. The standard InChI is InChI=1S/C24H32Cl2O/c1-18(2)6-4-7-19(3)12-13-27-23-9-5-8-21(15-23)24-14-20(16-25)10-11-22(24)17-26/h5,8-11,14-15,18-19H,4,6-7,12-13,16-17H2,1-3H3. The van der Waals surface area contributed by atoms with Gasteiger partial charge in [-0.25, -0.2) is 0 Å². The number of hydrogen-bond donors (Lipinski definition) is 0. The summed E-state index contributed by atoms with van der Waals surface area (Å²) in [7, 11) is 0. The molecule has 0 aliphatic rings. The van der Waals surface area contributed by atoms with E-state index in [4.69, 9.17) is 27.9 Å². The summed E-state index contributed by atoms with van der Waals surface area (Å²) in [5.74, 6) is 3.40. The first kappa shape index (κ1) is 22.1. The van der Waals surface area contributed by atoms with Crippen LogP contribution in [0.4, 0.5) is 0 Å². The van der Waals surface area contributed by atoms with E-state index in [2.05, 4.69) is 45.0 Å². The van der Waals surface area contributed by atoms with Gasteiger partial charge in [-0.05, 0) is 58.7 Å². The second kappa shape index (κ2) is 11.6. The number of benzene rings is 2. The first-order chi connectivity index (χ1) is 13.0. The van der Waals surface area contributed by atoms with Gasteiger partial charge >= 0.3 is 0 Å². The van der Waals surface area contributed by atoms with Gasteiger partial charge in [0, 0.05) is 11.8 Å². The molecular formula is C24H32Cl2O. The van der Waals surface area contributed by atoms with E-state index in [1.807, 2.05) is 18.2 Å². The van der Waals surface area contributed by atoms with E-state index in [9.17, 15) is 0 Å². The highest BCUT2D eigenvalue weighted by atomic mass is 35.5. The van der Waals surface area contributed by atoms with E-state index in [1.54, 1.807) is 0 Å². The van der Waals surface area contributed by atoms with E-state index in [1.165, 1.54) is 19.3 Å². The largest absolute Gasteiger partial charge is 0.494 e. The Morgan fingerprint density at radius 2 is 1.70 bits per heavy atom. The Kier molecular flexibility index (Phi) is 9.51. The summed E-state index contributed by atoms with van der Waals surface area (Å²) >= 11 is 12.1. The van der Waals surface area contributed by atoms with Crippen LogP contribution in [0.1, 0.15) is 57.6 Å². The number of hydrogen-bond acceptors (Lipinski definition) is 1. The Hall–Kier alpha value is -1.18. The molecule has 3 heteroatoms. The summed E-state index contributed by atoms with van der Waals surface area (Å²) < 4.78 is 6.04. The van der Waals surface area contributed by atoms with Gasteiger partial charge in [-0.3, -0.25) is 0 Å². The normalized spacial score (nSPS) is 12.4. The Bertz CT molecular complexity index is 697. The fourth-order valence-corrected chi connectivity index (χ4v) is 3.64. The van der Waals surface area contributed by atoms with Crippen LogP contribution in [0.3, 0.4) is 0 Å². The third-order valence-electron chi connectivity index (χ3n) is 4.98. The fourth-order valence-electron chi connectivity index (χ4n) is 3.24. The van der Waals surface area contributed by atoms with Crippen molar-refractivity contribution in [3.05, 3.63) is 53.6 Å². The summed E-state index contributed by atoms with van der Waals surface area (Å²) in [6.45, 7) is 7.67. The van der Waals surface area contributed by atoms with Crippen LogP contribution in [0.2, 0.25) is 0 Å². The number of rotatable bonds is 11. The molecule has 1 atom stereocenters. The number of halogens is 2. The lowest BCUT2D eigenvalue weighted by Crippen LogP contribution is -2.05. The first-order valence-corrected chi connectivity index (χ1v) is 11.1. The lowest BCUT2D eigenvalue weighted by Gasteiger charge is -2.14. The maximum absolute atomic E-state index is 6.13. The molecule has 0 amide bonds. The summed E-state index contributed by atoms with van der Waals surface area (Å²) in [5, 5.41) is 0. The van der Waals surface area contributed by atoms with Crippen molar-refractivity contribution in [3.63, 3.8) is 0 Å². The summed E-state index contributed by atoms with van der Waals surface area (Å²) in [5.41, 5.74) is 4.47. The van der Waals surface area contributed by atoms with Crippen molar-refractivity contribution in [2.24, 2.45) is 11.8 Å². The van der Waals surface area contributed by atoms with E-state index >= 15 is 0 Å². The molecule has 0 radical (unpaired) electrons. The van der Waals surface area contributed by atoms with Crippen molar-refractivity contribution in [3.8, 4) is 16.9 Å². The number of ether oxygens (including phenoxy) is 1. The Morgan fingerprint density at radius 1 is 0.889 bits per heavy atom. The molecule has 0 aliphatic carbocycles. The Balaban J connectivity index is 1.96. The van der Waals surface area contributed by atoms with Crippen molar-refractivity contribution >= 4 is 23.2 Å². The molecular weight excluding hydrogens is 375 g/mol. The van der Waals surface area contributed by atoms with Gasteiger partial charge < -0.3 is 4.74 Å². The van der Waals surface area contributed by atoms with Crippen LogP contribution in [0.25, 0.3) is 11.1 Å². The fraction of sp³-hybridized carbons (Fsp3) is 0.500. The molecule has 1 unspecified atom stereocenters. The van der Waals surface area contributed by atoms with Gasteiger partial charge in [0.15, 0.2) is 0 Å². The second-order valence-corrected chi connectivity index (χ2v) is 8.39. The second-order valence-electron chi connectivity index (χ2n) is 7.85. The van der Waals surface area contributed by atoms with Gasteiger partial charge in [-0.1, -0.05) is 64.3 Å². The molecule has 2 rings (SSSR count). The molecule has 0 N–H and O–H groups in total. The zero-order valence-corrected chi connectivity index (χ0v) is 18.3. The third-order valence-corrected chi connectivity index (χ3v) is 5.57. The average molecular weight is 407 g/mol. The maximum Gasteiger partial charge on any atom is 0.119 e. The molecule has 0 bridgehead atoms. The van der Waals surface area contributed by atoms with Crippen molar-refractivity contribution in [2.75, 3.05) is 6.61 Å². The molecule has 1 nitrogen and oxygen atoms in total. The highest BCUT2D eigenvalue weighted by Gasteiger charge is 2.08. The van der Waals surface area contributed by atoms with Crippen molar-refractivity contribution < 1.29 is 4.74 Å². The molecule has 0 spiro atoms. The first-order valence-electron chi connectivity index (χ1n) is 10.0. The lowest BCUT2D eigenvalue weighted by molar-refractivity contribution is 0.276. The van der Waals surface area contributed by atoms with E-state index < -0.39 is 0 Å². The summed E-state index contributed by atoms with van der Waals surface area (Å²) in [6.07, 6.45) is 5.01. The molecule has 0 aliphatic heterocycles. The molecule has 2 aromatic rings. The van der Waals surface area contributed by atoms with Gasteiger partial charge in [-0.2, -0.15) is 0 Å². The molecule has 0 aromatic heterocycles. The quantitative estimate of drug-likeness (QED) is 0.342. The van der Waals surface area contributed by atoms with Crippen LogP contribution >= 0.6 is 23.2 Å². The van der Waals surface area contributed by atoms with Gasteiger partial charge in [0.25, 0.3) is 0 Å². The SMILES string of the molecule is CC(C)CCCC(C)CCOc1cccc(-c2cc(CCl)ccc2CCl)c1. The highest BCUT2D eigenvalue weighted by molar-refractivity contribution is 6.18. The van der Waals surface area contributed by atoms with E-state index in [0.29, 0.717) is 17.7 Å². The lowest BCUT2D eigenvalue weighted by atomic mass is 9.97. The highest BCUT2D eigenvalue weighted by Crippen LogP contribution is 2.30. The monoisotopic (exact) mass is 406 g/mol. The van der Waals surface area contributed by atoms with Gasteiger partial charge in [0.05, 0.1) is 6.61 Å². The van der Waals surface area contributed by atoms with Crippen LogP contribution in [0, 0.1) is 11.8 Å². The van der Waals surface area contributed by atoms with Crippen LogP contribution in [0.15, 0.2) is 42.5 Å². The van der Waals surface area contributed by atoms with Crippen LogP contribution in [-0.4, -0.2) is 6.61 Å². The smallest absolute Gasteiger partial charge is 0.119 e. The van der Waals surface area contributed by atoms with Gasteiger partial charge in [0.2, 0.25) is 0 Å². The van der Waals surface area contributed by atoms with Crippen molar-refractivity contribution in [1.29, 1.82) is 0 Å². The van der Waals surface area contributed by atoms with Gasteiger partial charge in [-0.15, -0.1) is 23.2 Å². The van der Waals surface area contributed by atoms with Crippen molar-refractivity contribution in [1.82, 2.24) is 0 Å². The van der Waals surface area contributed by atoms with Crippen LogP contribution < -0.4 is 4.74 Å². The van der Waals surface area contributed by atoms with E-state index in [-0.39, 0.29) is 0 Å². The molecule has 0 saturated carbocycles. The average Bonchev–Trinajstić information content (AvgIpc) is 2.67. The minimum absolute atomic E-state index is 0.483. The molecule has 2 aromatic carbocycles. The molecule has 27 heavy (non-hydrogen) atoms. The zero-order chi connectivity index (χ0) is 19.6. The minimum Gasteiger partial charge on any atom is -0.494 e. The number of alkyl halides is 2. The Morgan fingerprint density at radius 3 is 2.41 bits per heavy atom. The summed E-state index contributed by atoms with van der Waals surface area (Å²) in [6, 6.07) is 14.5.